The van der Waals surface area contributed by atoms with Crippen LogP contribution in [0.3, 0.4) is 0 Å². The fourth-order valence-corrected chi connectivity index (χ4v) is 4.11. The molecule has 19 heavy (non-hydrogen) atoms. The number of fused-ring (bicyclic) bond motifs is 2. The summed E-state index contributed by atoms with van der Waals surface area (Å²) in [6.07, 6.45) is 6.93. The van der Waals surface area contributed by atoms with E-state index in [0.29, 0.717) is 12.0 Å². The van der Waals surface area contributed by atoms with E-state index in [0.717, 1.165) is 30.2 Å². The molecule has 2 aliphatic rings. The van der Waals surface area contributed by atoms with Crippen LogP contribution in [-0.2, 0) is 6.42 Å². The molecule has 3 rings (SSSR count). The molecule has 2 aliphatic carbocycles. The minimum atomic E-state index is -0.525. The third-order valence-corrected chi connectivity index (χ3v) is 4.99. The Morgan fingerprint density at radius 3 is 2.68 bits per heavy atom. The Balaban J connectivity index is 1.57. The van der Waals surface area contributed by atoms with Crippen molar-refractivity contribution in [1.29, 1.82) is 0 Å². The summed E-state index contributed by atoms with van der Waals surface area (Å²) in [5.74, 6) is 1.52. The number of hydrogen-bond acceptors (Lipinski definition) is 1. The van der Waals surface area contributed by atoms with E-state index in [1.54, 1.807) is 0 Å². The fraction of sp³-hybridized carbons (Fsp3) is 0.625. The van der Waals surface area contributed by atoms with Crippen molar-refractivity contribution in [2.45, 2.75) is 44.6 Å². The van der Waals surface area contributed by atoms with Crippen LogP contribution in [0.1, 0.15) is 37.7 Å². The molecule has 2 N–H and O–H groups in total. The van der Waals surface area contributed by atoms with E-state index in [4.69, 9.17) is 5.73 Å². The van der Waals surface area contributed by atoms with Crippen LogP contribution in [0.4, 0.5) is 8.78 Å². The first-order chi connectivity index (χ1) is 9.11. The molecule has 104 valence electrons. The van der Waals surface area contributed by atoms with Crippen LogP contribution in [0, 0.1) is 29.4 Å². The van der Waals surface area contributed by atoms with Crippen molar-refractivity contribution in [3.63, 3.8) is 0 Å². The van der Waals surface area contributed by atoms with Crippen LogP contribution in [-0.4, -0.2) is 6.04 Å². The van der Waals surface area contributed by atoms with E-state index in [9.17, 15) is 8.78 Å². The molecular weight excluding hydrogens is 244 g/mol. The number of benzene rings is 1. The Hall–Kier alpha value is -0.960. The Bertz CT molecular complexity index is 460. The molecule has 4 unspecified atom stereocenters. The average molecular weight is 265 g/mol. The maximum atomic E-state index is 13.6. The van der Waals surface area contributed by atoms with Crippen molar-refractivity contribution in [3.05, 3.63) is 35.4 Å². The lowest BCUT2D eigenvalue weighted by atomic mass is 9.83. The van der Waals surface area contributed by atoms with Gasteiger partial charge in [0.1, 0.15) is 11.6 Å². The summed E-state index contributed by atoms with van der Waals surface area (Å²) in [6.45, 7) is 0. The zero-order valence-electron chi connectivity index (χ0n) is 11.1. The van der Waals surface area contributed by atoms with Gasteiger partial charge in [0.25, 0.3) is 0 Å². The summed E-state index contributed by atoms with van der Waals surface area (Å²) in [4.78, 5) is 0. The van der Waals surface area contributed by atoms with Gasteiger partial charge in [-0.25, -0.2) is 8.78 Å². The Morgan fingerprint density at radius 1 is 1.21 bits per heavy atom. The number of nitrogens with two attached hydrogens (primary N) is 1. The molecule has 2 bridgehead atoms. The van der Waals surface area contributed by atoms with Crippen LogP contribution in [0.15, 0.2) is 18.2 Å². The smallest absolute Gasteiger partial charge is 0.129 e. The van der Waals surface area contributed by atoms with E-state index < -0.39 is 11.6 Å². The van der Waals surface area contributed by atoms with Gasteiger partial charge in [-0.1, -0.05) is 12.5 Å². The molecule has 0 aliphatic heterocycles. The predicted octanol–water partition coefficient (Wildman–Crippen LogP) is 3.66. The highest BCUT2D eigenvalue weighted by molar-refractivity contribution is 5.19. The molecule has 1 aromatic carbocycles. The van der Waals surface area contributed by atoms with Crippen molar-refractivity contribution in [1.82, 2.24) is 0 Å². The Labute approximate surface area is 113 Å². The molecule has 0 spiro atoms. The van der Waals surface area contributed by atoms with Crippen LogP contribution >= 0.6 is 0 Å². The zero-order valence-corrected chi connectivity index (χ0v) is 11.1. The van der Waals surface area contributed by atoms with Gasteiger partial charge in [0, 0.05) is 12.1 Å². The van der Waals surface area contributed by atoms with Gasteiger partial charge in [-0.2, -0.15) is 0 Å². The first-order valence-corrected chi connectivity index (χ1v) is 7.31. The Morgan fingerprint density at radius 2 is 2.05 bits per heavy atom. The summed E-state index contributed by atoms with van der Waals surface area (Å²) in [5.41, 5.74) is 6.70. The Kier molecular flexibility index (Phi) is 3.57. The summed E-state index contributed by atoms with van der Waals surface area (Å²) in [6, 6.07) is 3.76. The van der Waals surface area contributed by atoms with Gasteiger partial charge in [-0.3, -0.25) is 0 Å². The standard InChI is InChI=1S/C16H21F2N/c17-14-4-3-12(16(18)9-14)7-15(19)8-13-6-10-1-2-11(13)5-10/h3-4,9-11,13,15H,1-2,5-8,19H2. The van der Waals surface area contributed by atoms with Crippen molar-refractivity contribution in [2.24, 2.45) is 23.5 Å². The summed E-state index contributed by atoms with van der Waals surface area (Å²) in [7, 11) is 0. The van der Waals surface area contributed by atoms with Crippen molar-refractivity contribution in [3.8, 4) is 0 Å². The fourth-order valence-electron chi connectivity index (χ4n) is 4.11. The predicted molar refractivity (Wildman–Crippen MR) is 71.6 cm³/mol. The summed E-state index contributed by atoms with van der Waals surface area (Å²) in [5, 5.41) is 0. The number of rotatable bonds is 4. The second-order valence-electron chi connectivity index (χ2n) is 6.37. The molecule has 0 heterocycles. The first kappa shape index (κ1) is 13.0. The highest BCUT2D eigenvalue weighted by Crippen LogP contribution is 2.49. The van der Waals surface area contributed by atoms with Gasteiger partial charge in [0.15, 0.2) is 0 Å². The maximum absolute atomic E-state index is 13.6. The highest BCUT2D eigenvalue weighted by Gasteiger charge is 2.39. The van der Waals surface area contributed by atoms with Gasteiger partial charge in [0.2, 0.25) is 0 Å². The van der Waals surface area contributed by atoms with Gasteiger partial charge >= 0.3 is 0 Å². The largest absolute Gasteiger partial charge is 0.327 e. The van der Waals surface area contributed by atoms with E-state index in [1.165, 1.54) is 37.8 Å². The molecular formula is C16H21F2N. The molecule has 2 saturated carbocycles. The lowest BCUT2D eigenvalue weighted by molar-refractivity contribution is 0.293. The molecule has 0 aromatic heterocycles. The highest BCUT2D eigenvalue weighted by atomic mass is 19.1. The average Bonchev–Trinajstić information content (AvgIpc) is 2.95. The van der Waals surface area contributed by atoms with Crippen LogP contribution in [0.25, 0.3) is 0 Å². The zero-order chi connectivity index (χ0) is 13.4. The maximum Gasteiger partial charge on any atom is 0.129 e. The van der Waals surface area contributed by atoms with Crippen molar-refractivity contribution >= 4 is 0 Å². The lowest BCUT2D eigenvalue weighted by Crippen LogP contribution is -2.28. The van der Waals surface area contributed by atoms with E-state index >= 15 is 0 Å². The van der Waals surface area contributed by atoms with Crippen molar-refractivity contribution in [2.75, 3.05) is 0 Å². The third kappa shape index (κ3) is 2.81. The molecule has 1 nitrogen and oxygen atoms in total. The monoisotopic (exact) mass is 265 g/mol. The first-order valence-electron chi connectivity index (χ1n) is 7.31. The minimum absolute atomic E-state index is 0.00990. The van der Waals surface area contributed by atoms with Crippen LogP contribution in [0.2, 0.25) is 0 Å². The van der Waals surface area contributed by atoms with Gasteiger partial charge < -0.3 is 5.73 Å². The molecule has 0 saturated heterocycles. The summed E-state index contributed by atoms with van der Waals surface area (Å²) < 4.78 is 26.4. The normalized spacial score (nSPS) is 30.8. The second kappa shape index (κ2) is 5.20. The van der Waals surface area contributed by atoms with Crippen LogP contribution < -0.4 is 5.73 Å². The lowest BCUT2D eigenvalue weighted by Gasteiger charge is -2.24. The topological polar surface area (TPSA) is 26.0 Å². The van der Waals surface area contributed by atoms with Gasteiger partial charge in [-0.05, 0) is 61.5 Å². The van der Waals surface area contributed by atoms with E-state index in [-0.39, 0.29) is 6.04 Å². The minimum Gasteiger partial charge on any atom is -0.327 e. The van der Waals surface area contributed by atoms with Gasteiger partial charge in [-0.15, -0.1) is 0 Å². The second-order valence-corrected chi connectivity index (χ2v) is 6.37. The van der Waals surface area contributed by atoms with Crippen LogP contribution in [0.5, 0.6) is 0 Å². The molecule has 1 aromatic rings. The molecule has 2 fully saturated rings. The molecule has 0 radical (unpaired) electrons. The SMILES string of the molecule is NC(Cc1ccc(F)cc1F)CC1CC2CCC1C2. The quantitative estimate of drug-likeness (QED) is 0.883. The van der Waals surface area contributed by atoms with E-state index in [1.807, 2.05) is 0 Å². The van der Waals surface area contributed by atoms with E-state index in [2.05, 4.69) is 0 Å². The third-order valence-electron chi connectivity index (χ3n) is 4.99. The molecule has 0 amide bonds. The molecule has 4 atom stereocenters. The van der Waals surface area contributed by atoms with Crippen molar-refractivity contribution < 1.29 is 8.78 Å². The number of halogens is 2. The summed E-state index contributed by atoms with van der Waals surface area (Å²) >= 11 is 0. The number of hydrogen-bond donors (Lipinski definition) is 1. The molecule has 3 heteroatoms. The van der Waals surface area contributed by atoms with Gasteiger partial charge in [0.05, 0.1) is 0 Å².